The lowest BCUT2D eigenvalue weighted by molar-refractivity contribution is -0.140. The van der Waals surface area contributed by atoms with E-state index in [0.29, 0.717) is 133 Å². The molecule has 3 saturated carbocycles. The van der Waals surface area contributed by atoms with E-state index in [1.807, 2.05) is 20.8 Å². The van der Waals surface area contributed by atoms with Crippen LogP contribution in [0.4, 0.5) is 60.5 Å². The number of fused-ring (bicyclic) bond motifs is 3. The zero-order valence-corrected chi connectivity index (χ0v) is 68.0. The number of hydrogen-bond donors (Lipinski definition) is 9. The van der Waals surface area contributed by atoms with Crippen LogP contribution in [0.3, 0.4) is 0 Å². The molecule has 0 bridgehead atoms. The number of hydrogen-bond acceptors (Lipinski definition) is 12. The molecule has 3 fully saturated rings. The molecule has 15 rings (SSSR count). The summed E-state index contributed by atoms with van der Waals surface area (Å²) >= 11 is 19.3. The zero-order chi connectivity index (χ0) is 87.8. The SMILES string of the molecule is [C-]#[N+]c1ccc(-c2ccc(C[C@H](NC(=O)c3c(F)cc(NC(C)C4CC4)cc3F)C(=O)O)c3cccnc23)c(Cl)c1.[C-]#[N+]c1ccc(-c2ccc(C[C@H](NC(=O)c3c(F)cc(N[C@@H](C)C4CC4)cc3F)C(=O)O)c3cccnc23)c(Cl)c1.[C-]#[N+]c1ccc(-c2ccc(C[C@H](NC(=O)c3c(F)cc(N[C@H](C)C4CC4)cc3F)C(=O)O)c3cccnc23)c(Cl)c1. The molecule has 624 valence electrons. The standard InChI is InChI=1S/3C31H25ClF2N4O3/c3*1-16(17-5-6-17)37-20-14-25(33)28(26(34)15-20)30(39)38-27(31(40)41)12-18-7-9-23(29-21(18)4-3-11-36-29)22-10-8-19(35-2)13-24(22)32/h3*3-4,7-11,13-17,27,37H,5-6,12H2,1H3,(H,38,39)(H,40,41)/t16?,27-;16-,27+;16-,27-/m010/s1. The highest BCUT2D eigenvalue weighted by atomic mass is 35.5. The Bertz CT molecular complexity index is 5680. The van der Waals surface area contributed by atoms with Gasteiger partial charge in [-0.25, -0.2) is 55.3 Å². The van der Waals surface area contributed by atoms with Gasteiger partial charge >= 0.3 is 17.9 Å². The van der Waals surface area contributed by atoms with Crippen LogP contribution in [-0.2, 0) is 33.6 Å². The second-order valence-electron chi connectivity index (χ2n) is 30.3. The first-order valence-electron chi connectivity index (χ1n) is 39.0. The minimum Gasteiger partial charge on any atom is -0.480 e. The van der Waals surface area contributed by atoms with E-state index < -0.39 is 105 Å². The maximum atomic E-state index is 14.9. The van der Waals surface area contributed by atoms with Crippen LogP contribution in [0.1, 0.15) is 107 Å². The molecule has 9 N–H and O–H groups in total. The largest absolute Gasteiger partial charge is 0.480 e. The van der Waals surface area contributed by atoms with Crippen molar-refractivity contribution in [3.63, 3.8) is 0 Å². The maximum absolute atomic E-state index is 14.9. The van der Waals surface area contributed by atoms with Gasteiger partial charge in [0.05, 0.1) is 36.3 Å². The Kier molecular flexibility index (Phi) is 26.9. The predicted molar refractivity (Wildman–Crippen MR) is 460 cm³/mol. The molecule has 21 nitrogen and oxygen atoms in total. The van der Waals surface area contributed by atoms with Gasteiger partial charge in [0.15, 0.2) is 17.1 Å². The summed E-state index contributed by atoms with van der Waals surface area (Å²) in [6.07, 6.45) is 10.5. The average Bonchev–Trinajstić information content (AvgIpc) is 1.77. The summed E-state index contributed by atoms with van der Waals surface area (Å²) < 4.78 is 89.3. The van der Waals surface area contributed by atoms with Crippen molar-refractivity contribution in [3.8, 4) is 33.4 Å². The molecule has 30 heteroatoms. The summed E-state index contributed by atoms with van der Waals surface area (Å²) in [5.41, 5.74) is 6.51. The van der Waals surface area contributed by atoms with Crippen molar-refractivity contribution >= 4 is 137 Å². The highest BCUT2D eigenvalue weighted by Crippen LogP contribution is 2.42. The van der Waals surface area contributed by atoms with E-state index in [1.54, 1.807) is 146 Å². The van der Waals surface area contributed by atoms with Crippen LogP contribution in [0.25, 0.3) is 80.6 Å². The molecule has 0 radical (unpaired) electrons. The monoisotopic (exact) mass is 1720 g/mol. The Morgan fingerprint density at radius 1 is 0.374 bits per heavy atom. The van der Waals surface area contributed by atoms with Crippen LogP contribution in [0.2, 0.25) is 15.1 Å². The fourth-order valence-corrected chi connectivity index (χ4v) is 15.6. The third kappa shape index (κ3) is 20.5. The lowest BCUT2D eigenvalue weighted by Crippen LogP contribution is -2.43. The molecule has 6 atom stereocenters. The quantitative estimate of drug-likeness (QED) is 0.0171. The Hall–Kier alpha value is -13.7. The summed E-state index contributed by atoms with van der Waals surface area (Å²) in [4.78, 5) is 98.7. The van der Waals surface area contributed by atoms with E-state index >= 15 is 0 Å². The van der Waals surface area contributed by atoms with Crippen molar-refractivity contribution in [1.82, 2.24) is 30.9 Å². The van der Waals surface area contributed by atoms with Gasteiger partial charge < -0.3 is 47.2 Å². The lowest BCUT2D eigenvalue weighted by atomic mass is 9.95. The summed E-state index contributed by atoms with van der Waals surface area (Å²) in [5, 5.41) is 48.6. The van der Waals surface area contributed by atoms with Crippen molar-refractivity contribution in [3.05, 3.63) is 300 Å². The maximum Gasteiger partial charge on any atom is 0.326 e. The molecule has 3 aliphatic carbocycles. The van der Waals surface area contributed by atoms with Crippen LogP contribution in [0, 0.1) is 72.4 Å². The Morgan fingerprint density at radius 2 is 0.610 bits per heavy atom. The fourth-order valence-electron chi connectivity index (χ4n) is 14.8. The number of pyridine rings is 3. The van der Waals surface area contributed by atoms with Crippen LogP contribution >= 0.6 is 34.8 Å². The Labute approximate surface area is 716 Å². The molecule has 0 aliphatic heterocycles. The van der Waals surface area contributed by atoms with Gasteiger partial charge in [-0.15, -0.1) is 0 Å². The van der Waals surface area contributed by atoms with E-state index in [0.717, 1.165) is 74.9 Å². The van der Waals surface area contributed by atoms with Crippen LogP contribution in [0.15, 0.2) is 182 Å². The first kappa shape index (κ1) is 87.2. The van der Waals surface area contributed by atoms with Gasteiger partial charge in [-0.1, -0.05) is 126 Å². The van der Waals surface area contributed by atoms with Crippen LogP contribution < -0.4 is 31.9 Å². The number of carboxylic acids is 3. The fraction of sp³-hybridized carbons (Fsp3) is 0.226. The van der Waals surface area contributed by atoms with E-state index in [2.05, 4.69) is 61.4 Å². The number of rotatable bonds is 27. The first-order valence-corrected chi connectivity index (χ1v) is 40.1. The normalized spacial score (nSPS) is 14.2. The Balaban J connectivity index is 0.000000159. The van der Waals surface area contributed by atoms with E-state index in [1.165, 1.54) is 0 Å². The number of nitrogens with one attached hydrogen (secondary N) is 6. The summed E-state index contributed by atoms with van der Waals surface area (Å²) in [6, 6.07) is 37.3. The van der Waals surface area contributed by atoms with Crippen molar-refractivity contribution in [2.75, 3.05) is 16.0 Å². The molecule has 3 aliphatic rings. The molecular formula is C93H75Cl3F6N12O9. The number of carbonyl (C=O) groups is 6. The van der Waals surface area contributed by atoms with Gasteiger partial charge in [-0.3, -0.25) is 29.3 Å². The third-order valence-electron chi connectivity index (χ3n) is 21.8. The zero-order valence-electron chi connectivity index (χ0n) is 65.8. The predicted octanol–water partition coefficient (Wildman–Crippen LogP) is 21.1. The minimum atomic E-state index is -1.48. The lowest BCUT2D eigenvalue weighted by Gasteiger charge is -2.18. The number of amides is 3. The molecule has 3 heterocycles. The molecular weight excluding hydrogens is 1650 g/mol. The third-order valence-corrected chi connectivity index (χ3v) is 22.7. The van der Waals surface area contributed by atoms with Crippen molar-refractivity contribution in [2.24, 2.45) is 17.8 Å². The molecule has 12 aromatic rings. The molecule has 0 saturated heterocycles. The molecule has 123 heavy (non-hydrogen) atoms. The highest BCUT2D eigenvalue weighted by molar-refractivity contribution is 6.35. The second-order valence-corrected chi connectivity index (χ2v) is 31.5. The van der Waals surface area contributed by atoms with Gasteiger partial charge in [0.2, 0.25) is 0 Å². The minimum absolute atomic E-state index is 0.0368. The highest BCUT2D eigenvalue weighted by Gasteiger charge is 2.35. The number of halogens is 9. The number of aliphatic carboxylic acids is 3. The van der Waals surface area contributed by atoms with Gasteiger partial charge in [-0.2, -0.15) is 0 Å². The van der Waals surface area contributed by atoms with E-state index in [9.17, 15) is 70.4 Å². The topological polar surface area (TPSA) is 287 Å². The molecule has 3 aromatic heterocycles. The number of benzene rings is 9. The van der Waals surface area contributed by atoms with Crippen molar-refractivity contribution < 1.29 is 70.4 Å². The molecule has 9 aromatic carbocycles. The van der Waals surface area contributed by atoms with Gasteiger partial charge in [0, 0.05) is 121 Å². The van der Waals surface area contributed by atoms with Crippen molar-refractivity contribution in [2.45, 2.75) is 115 Å². The summed E-state index contributed by atoms with van der Waals surface area (Å²) in [5.74, 6) is -12.8. The number of nitrogens with zero attached hydrogens (tertiary/aromatic N) is 6. The molecule has 3 amide bonds. The van der Waals surface area contributed by atoms with Gasteiger partial charge in [0.25, 0.3) is 17.7 Å². The number of carbonyl (C=O) groups excluding carboxylic acids is 3. The van der Waals surface area contributed by atoms with Gasteiger partial charge in [-0.05, 0) is 183 Å². The number of aromatic nitrogens is 3. The molecule has 1 unspecified atom stereocenters. The smallest absolute Gasteiger partial charge is 0.326 e. The van der Waals surface area contributed by atoms with Crippen LogP contribution in [-0.4, -0.2) is 102 Å². The molecule has 0 spiro atoms. The first-order chi connectivity index (χ1) is 59.0. The summed E-state index contributed by atoms with van der Waals surface area (Å²) in [7, 11) is 0. The van der Waals surface area contributed by atoms with Gasteiger partial charge in [0.1, 0.15) is 69.7 Å². The van der Waals surface area contributed by atoms with Crippen molar-refractivity contribution in [1.29, 1.82) is 0 Å². The van der Waals surface area contributed by atoms with Crippen LogP contribution in [0.5, 0.6) is 0 Å². The second kappa shape index (κ2) is 38.0. The Morgan fingerprint density at radius 3 is 0.821 bits per heavy atom. The van der Waals surface area contributed by atoms with E-state index in [4.69, 9.17) is 54.5 Å². The average molecular weight is 1730 g/mol. The summed E-state index contributed by atoms with van der Waals surface area (Å²) in [6.45, 7) is 27.3. The number of carboxylic acid groups (broad SMARTS) is 3. The number of anilines is 3. The van der Waals surface area contributed by atoms with E-state index in [-0.39, 0.29) is 54.5 Å².